The molecule has 0 aliphatic rings. The minimum atomic E-state index is -3.88. The van der Waals surface area contributed by atoms with Crippen molar-refractivity contribution in [3.8, 4) is 5.75 Å². The highest BCUT2D eigenvalue weighted by Gasteiger charge is 2.11. The van der Waals surface area contributed by atoms with Crippen LogP contribution in [0.4, 0.5) is 0 Å². The van der Waals surface area contributed by atoms with Crippen molar-refractivity contribution in [1.82, 2.24) is 5.32 Å². The lowest BCUT2D eigenvalue weighted by Crippen LogP contribution is -2.17. The Morgan fingerprint density at radius 3 is 2.23 bits per heavy atom. The van der Waals surface area contributed by atoms with E-state index in [1.807, 2.05) is 0 Å². The van der Waals surface area contributed by atoms with Crippen molar-refractivity contribution in [3.05, 3.63) is 28.8 Å². The molecule has 0 radical (unpaired) electrons. The average Bonchev–Trinajstić information content (AvgIpc) is 2.55. The molecule has 0 saturated carbocycles. The highest BCUT2D eigenvalue weighted by Crippen LogP contribution is 2.34. The van der Waals surface area contributed by atoms with Crippen molar-refractivity contribution in [2.24, 2.45) is 0 Å². The summed E-state index contributed by atoms with van der Waals surface area (Å²) in [6.07, 6.45) is 7.96. The molecule has 1 aromatic rings. The van der Waals surface area contributed by atoms with Crippen LogP contribution in [-0.2, 0) is 11.1 Å². The van der Waals surface area contributed by atoms with E-state index in [-0.39, 0.29) is 6.16 Å². The summed E-state index contributed by atoms with van der Waals surface area (Å²) in [6.45, 7) is 8.46. The van der Waals surface area contributed by atoms with Gasteiger partial charge in [0, 0.05) is 6.54 Å². The number of nitrogens with one attached hydrogen (secondary N) is 1. The number of unbranched alkanes of at least 4 members (excludes halogenated alkanes) is 5. The molecule has 6 heteroatoms. The Morgan fingerprint density at radius 1 is 1.00 bits per heavy atom. The third-order valence-corrected chi connectivity index (χ3v) is 5.44. The predicted octanol–water partition coefficient (Wildman–Crippen LogP) is 4.70. The molecule has 5 nitrogen and oxygen atoms in total. The lowest BCUT2D eigenvalue weighted by Gasteiger charge is -2.14. The minimum absolute atomic E-state index is 0.0663. The first-order valence-electron chi connectivity index (χ1n) is 9.81. The first-order valence-corrected chi connectivity index (χ1v) is 11.6. The van der Waals surface area contributed by atoms with Crippen LogP contribution in [0.25, 0.3) is 0 Å². The van der Waals surface area contributed by atoms with E-state index in [2.05, 4.69) is 38.2 Å². The maximum Gasteiger partial charge on any atom is 0.325 e. The van der Waals surface area contributed by atoms with Gasteiger partial charge in [-0.2, -0.15) is 0 Å². The topological polar surface area (TPSA) is 78.8 Å². The van der Waals surface area contributed by atoms with Gasteiger partial charge in [-0.25, -0.2) is 0 Å². The van der Waals surface area contributed by atoms with Gasteiger partial charge < -0.3 is 19.8 Å². The summed E-state index contributed by atoms with van der Waals surface area (Å²) in [4.78, 5) is 17.7. The van der Waals surface area contributed by atoms with Gasteiger partial charge in [0.25, 0.3) is 0 Å². The third-order valence-electron chi connectivity index (χ3n) is 4.54. The molecule has 1 rings (SSSR count). The van der Waals surface area contributed by atoms with E-state index in [9.17, 15) is 4.57 Å². The van der Waals surface area contributed by atoms with E-state index in [1.165, 1.54) is 48.8 Å². The largest absolute Gasteiger partial charge is 0.494 e. The number of rotatable bonds is 14. The second-order valence-corrected chi connectivity index (χ2v) is 8.85. The molecular formula is C20H36NO4P. The number of hydrogen-bond acceptors (Lipinski definition) is 3. The second kappa shape index (κ2) is 12.5. The summed E-state index contributed by atoms with van der Waals surface area (Å²) in [6, 6.07) is 4.16. The van der Waals surface area contributed by atoms with Gasteiger partial charge in [0.2, 0.25) is 0 Å². The van der Waals surface area contributed by atoms with Crippen LogP contribution in [0.1, 0.15) is 68.6 Å². The van der Waals surface area contributed by atoms with Crippen LogP contribution in [0.15, 0.2) is 12.1 Å². The van der Waals surface area contributed by atoms with E-state index in [1.54, 1.807) is 0 Å². The highest BCUT2D eigenvalue weighted by molar-refractivity contribution is 7.51. The minimum Gasteiger partial charge on any atom is -0.494 e. The van der Waals surface area contributed by atoms with E-state index < -0.39 is 7.60 Å². The fourth-order valence-electron chi connectivity index (χ4n) is 3.01. The summed E-state index contributed by atoms with van der Waals surface area (Å²) >= 11 is 0. The maximum atomic E-state index is 10.8. The molecule has 0 aliphatic carbocycles. The molecule has 0 spiro atoms. The van der Waals surface area contributed by atoms with Crippen molar-refractivity contribution in [2.75, 3.05) is 19.3 Å². The summed E-state index contributed by atoms with van der Waals surface area (Å²) in [5.74, 6) is 0.929. The van der Waals surface area contributed by atoms with Crippen molar-refractivity contribution in [1.29, 1.82) is 0 Å². The molecule has 0 fully saturated rings. The molecule has 0 saturated heterocycles. The van der Waals surface area contributed by atoms with Crippen LogP contribution in [0.3, 0.4) is 0 Å². The lowest BCUT2D eigenvalue weighted by atomic mass is 10.0. The molecule has 3 N–H and O–H groups in total. The molecule has 0 amide bonds. The predicted molar refractivity (Wildman–Crippen MR) is 108 cm³/mol. The van der Waals surface area contributed by atoms with Gasteiger partial charge in [-0.15, -0.1) is 0 Å². The molecule has 0 heterocycles. The Balaban J connectivity index is 2.34. The molecule has 0 aliphatic heterocycles. The zero-order valence-corrected chi connectivity index (χ0v) is 17.5. The Kier molecular flexibility index (Phi) is 11.1. The van der Waals surface area contributed by atoms with Gasteiger partial charge >= 0.3 is 7.60 Å². The first kappa shape index (κ1) is 23.2. The van der Waals surface area contributed by atoms with Gasteiger partial charge in [-0.1, -0.05) is 39.0 Å². The van der Waals surface area contributed by atoms with E-state index >= 15 is 0 Å². The summed E-state index contributed by atoms with van der Waals surface area (Å²) in [5, 5.41) is 3.27. The van der Waals surface area contributed by atoms with Crippen LogP contribution in [0.5, 0.6) is 5.75 Å². The molecular weight excluding hydrogens is 349 g/mol. The van der Waals surface area contributed by atoms with Crippen molar-refractivity contribution < 1.29 is 19.1 Å². The zero-order valence-electron chi connectivity index (χ0n) is 16.6. The summed E-state index contributed by atoms with van der Waals surface area (Å²) < 4.78 is 16.7. The van der Waals surface area contributed by atoms with E-state index in [4.69, 9.17) is 14.5 Å². The van der Waals surface area contributed by atoms with Crippen LogP contribution in [-0.4, -0.2) is 29.1 Å². The van der Waals surface area contributed by atoms with Gasteiger partial charge in [0.05, 0.1) is 12.8 Å². The third kappa shape index (κ3) is 10.3. The Bertz CT molecular complexity index is 548. The molecule has 0 bridgehead atoms. The fraction of sp³-hybridized carbons (Fsp3) is 0.700. The SMILES string of the molecule is CCCCCCCCOc1cc(C)c(CNCCCP(=O)(O)O)c(C)c1. The van der Waals surface area contributed by atoms with Crippen molar-refractivity contribution in [2.45, 2.75) is 72.3 Å². The number of benzene rings is 1. The molecule has 1 aromatic carbocycles. The second-order valence-electron chi connectivity index (χ2n) is 7.07. The zero-order chi connectivity index (χ0) is 19.4. The smallest absolute Gasteiger partial charge is 0.325 e. The average molecular weight is 385 g/mol. The number of hydrogen-bond donors (Lipinski definition) is 3. The first-order chi connectivity index (χ1) is 12.3. The normalized spacial score (nSPS) is 11.7. The van der Waals surface area contributed by atoms with E-state index in [0.29, 0.717) is 19.5 Å². The van der Waals surface area contributed by atoms with Gasteiger partial charge in [-0.05, 0) is 62.1 Å². The Labute approximate surface area is 158 Å². The Morgan fingerprint density at radius 2 is 1.62 bits per heavy atom. The fourth-order valence-corrected chi connectivity index (χ4v) is 3.58. The maximum absolute atomic E-state index is 10.8. The lowest BCUT2D eigenvalue weighted by molar-refractivity contribution is 0.304. The van der Waals surface area contributed by atoms with Crippen LogP contribution >= 0.6 is 7.60 Å². The van der Waals surface area contributed by atoms with Crippen molar-refractivity contribution >= 4 is 7.60 Å². The van der Waals surface area contributed by atoms with Gasteiger partial charge in [0.1, 0.15) is 5.75 Å². The van der Waals surface area contributed by atoms with E-state index in [0.717, 1.165) is 18.8 Å². The molecule has 0 unspecified atom stereocenters. The highest BCUT2D eigenvalue weighted by atomic mass is 31.2. The van der Waals surface area contributed by atoms with Gasteiger partial charge in [0.15, 0.2) is 0 Å². The van der Waals surface area contributed by atoms with Crippen molar-refractivity contribution in [3.63, 3.8) is 0 Å². The summed E-state index contributed by atoms with van der Waals surface area (Å²) in [5.41, 5.74) is 3.60. The monoisotopic (exact) mass is 385 g/mol. The standard InChI is InChI=1S/C20H36NO4P/c1-4-5-6-7-8-9-12-25-19-14-17(2)20(18(3)15-19)16-21-11-10-13-26(22,23)24/h14-15,21H,4-13,16H2,1-3H3,(H2,22,23,24). The van der Waals surface area contributed by atoms with Crippen LogP contribution in [0.2, 0.25) is 0 Å². The molecule has 26 heavy (non-hydrogen) atoms. The summed E-state index contributed by atoms with van der Waals surface area (Å²) in [7, 11) is -3.88. The van der Waals surface area contributed by atoms with Crippen LogP contribution in [0, 0.1) is 13.8 Å². The molecule has 150 valence electrons. The molecule has 0 aromatic heterocycles. The Hall–Kier alpha value is -0.870. The number of aryl methyl sites for hydroxylation is 2. The van der Waals surface area contributed by atoms with Gasteiger partial charge in [-0.3, -0.25) is 4.57 Å². The number of ether oxygens (including phenoxy) is 1. The quantitative estimate of drug-likeness (QED) is 0.320. The van der Waals surface area contributed by atoms with Crippen LogP contribution < -0.4 is 10.1 Å². The molecule has 0 atom stereocenters.